The molecular weight excluding hydrogens is 390 g/mol. The van der Waals surface area contributed by atoms with Gasteiger partial charge in [0.2, 0.25) is 0 Å². The number of carbonyl (C=O) groups excluding carboxylic acids is 1. The number of esters is 1. The summed E-state index contributed by atoms with van der Waals surface area (Å²) < 4.78 is 40.6. The van der Waals surface area contributed by atoms with Crippen LogP contribution in [0.5, 0.6) is 11.5 Å². The zero-order chi connectivity index (χ0) is 20.8. The average Bonchev–Trinajstić information content (AvgIpc) is 2.60. The van der Waals surface area contributed by atoms with Crippen molar-refractivity contribution >= 4 is 23.3 Å². The molecule has 0 radical (unpaired) electrons. The van der Waals surface area contributed by atoms with Gasteiger partial charge < -0.3 is 24.8 Å². The van der Waals surface area contributed by atoms with Crippen molar-refractivity contribution in [1.29, 1.82) is 0 Å². The van der Waals surface area contributed by atoms with Crippen LogP contribution in [0.25, 0.3) is 0 Å². The summed E-state index contributed by atoms with van der Waals surface area (Å²) in [4.78, 5) is 12.7. The van der Waals surface area contributed by atoms with Crippen LogP contribution < -0.4 is 20.1 Å². The van der Waals surface area contributed by atoms with Crippen LogP contribution in [-0.2, 0) is 9.53 Å². The molecule has 2 N–H and O–H groups in total. The predicted molar refractivity (Wildman–Crippen MR) is 104 cm³/mol. The van der Waals surface area contributed by atoms with Gasteiger partial charge in [0.15, 0.2) is 16.6 Å². The molecule has 6 nitrogen and oxygen atoms in total. The minimum absolute atomic E-state index is 0.0817. The Balaban J connectivity index is 2.41. The summed E-state index contributed by atoms with van der Waals surface area (Å²) in [5.41, 5.74) is 1.53. The molecule has 1 atom stereocenters. The number of rotatable bonds is 8. The quantitative estimate of drug-likeness (QED) is 0.497. The van der Waals surface area contributed by atoms with Crippen molar-refractivity contribution in [1.82, 2.24) is 10.6 Å². The number of benzene rings is 1. The maximum absolute atomic E-state index is 12.7. The van der Waals surface area contributed by atoms with Crippen molar-refractivity contribution < 1.29 is 27.8 Å². The standard InChI is InChI=1S/C19H24F2N2O4S/c1-5-25-14-8-12(6-7-13(14)27-18(20)21)16-15(11(4)22-19(28)23-16)17(24)26-9-10(2)3/h6-8,10,16,18H,5,9H2,1-4H3,(H2,22,23,28)/t16-/m1/s1. The zero-order valence-corrected chi connectivity index (χ0v) is 17.0. The molecule has 0 saturated carbocycles. The summed E-state index contributed by atoms with van der Waals surface area (Å²) in [5, 5.41) is 6.29. The zero-order valence-electron chi connectivity index (χ0n) is 16.2. The second-order valence-electron chi connectivity index (χ2n) is 6.58. The van der Waals surface area contributed by atoms with Gasteiger partial charge >= 0.3 is 12.6 Å². The van der Waals surface area contributed by atoms with Crippen molar-refractivity contribution in [2.75, 3.05) is 13.2 Å². The number of halogens is 2. The van der Waals surface area contributed by atoms with Gasteiger partial charge in [0, 0.05) is 5.70 Å². The van der Waals surface area contributed by atoms with Crippen molar-refractivity contribution in [3.8, 4) is 11.5 Å². The fraction of sp³-hybridized carbons (Fsp3) is 0.474. The number of thiocarbonyl (C=S) groups is 1. The van der Waals surface area contributed by atoms with Gasteiger partial charge in [-0.25, -0.2) is 4.79 Å². The van der Waals surface area contributed by atoms with Crippen molar-refractivity contribution in [2.45, 2.75) is 40.3 Å². The monoisotopic (exact) mass is 414 g/mol. The third-order valence-corrected chi connectivity index (χ3v) is 4.07. The number of carbonyl (C=O) groups is 1. The van der Waals surface area contributed by atoms with Crippen LogP contribution >= 0.6 is 12.2 Å². The fourth-order valence-electron chi connectivity index (χ4n) is 2.70. The van der Waals surface area contributed by atoms with Crippen LogP contribution in [0.1, 0.15) is 39.3 Å². The molecular formula is C19H24F2N2O4S. The highest BCUT2D eigenvalue weighted by Gasteiger charge is 2.31. The lowest BCUT2D eigenvalue weighted by atomic mass is 9.95. The van der Waals surface area contributed by atoms with Gasteiger partial charge in [-0.1, -0.05) is 19.9 Å². The minimum Gasteiger partial charge on any atom is -0.490 e. The number of hydrogen-bond donors (Lipinski definition) is 2. The van der Waals surface area contributed by atoms with E-state index < -0.39 is 18.6 Å². The number of nitrogens with one attached hydrogen (secondary N) is 2. The summed E-state index contributed by atoms with van der Waals surface area (Å²) >= 11 is 5.21. The molecule has 1 aliphatic heterocycles. The Morgan fingerprint density at radius 1 is 1.29 bits per heavy atom. The van der Waals surface area contributed by atoms with E-state index in [1.165, 1.54) is 6.07 Å². The third-order valence-electron chi connectivity index (χ3n) is 3.85. The summed E-state index contributed by atoms with van der Waals surface area (Å²) in [6, 6.07) is 3.89. The molecule has 1 heterocycles. The number of alkyl halides is 2. The Labute approximate surface area is 168 Å². The van der Waals surface area contributed by atoms with E-state index in [-0.39, 0.29) is 30.6 Å². The van der Waals surface area contributed by atoms with Crippen LogP contribution in [0.2, 0.25) is 0 Å². The minimum atomic E-state index is -2.97. The van der Waals surface area contributed by atoms with Crippen LogP contribution in [0, 0.1) is 5.92 Å². The molecule has 1 aliphatic rings. The molecule has 0 aromatic heterocycles. The first-order valence-corrected chi connectivity index (χ1v) is 9.30. The fourth-order valence-corrected chi connectivity index (χ4v) is 2.97. The Morgan fingerprint density at radius 3 is 2.61 bits per heavy atom. The van der Waals surface area contributed by atoms with Crippen molar-refractivity contribution in [3.63, 3.8) is 0 Å². The Bertz CT molecular complexity index is 768. The summed E-state index contributed by atoms with van der Waals surface area (Å²) in [6.45, 7) is 4.90. The van der Waals surface area contributed by atoms with Gasteiger partial charge in [0.05, 0.1) is 24.8 Å². The SMILES string of the molecule is CCOc1cc([C@H]2NC(=S)NC(C)=C2C(=O)OCC(C)C)ccc1OC(F)F. The molecule has 1 aromatic rings. The summed E-state index contributed by atoms with van der Waals surface area (Å²) in [6.07, 6.45) is 0. The average molecular weight is 414 g/mol. The molecule has 0 bridgehead atoms. The predicted octanol–water partition coefficient (Wildman–Crippen LogP) is 3.68. The second kappa shape index (κ2) is 9.68. The molecule has 2 rings (SSSR count). The van der Waals surface area contributed by atoms with Gasteiger partial charge in [-0.2, -0.15) is 8.78 Å². The largest absolute Gasteiger partial charge is 0.490 e. The van der Waals surface area contributed by atoms with Crippen LogP contribution in [0.3, 0.4) is 0 Å². The third kappa shape index (κ3) is 5.54. The van der Waals surface area contributed by atoms with E-state index >= 15 is 0 Å². The van der Waals surface area contributed by atoms with Crippen LogP contribution in [-0.4, -0.2) is 30.9 Å². The Hall–Kier alpha value is -2.42. The molecule has 0 amide bonds. The Kier molecular flexibility index (Phi) is 7.56. The first-order valence-electron chi connectivity index (χ1n) is 8.89. The molecule has 0 unspecified atom stereocenters. The van der Waals surface area contributed by atoms with E-state index in [9.17, 15) is 13.6 Å². The van der Waals surface area contributed by atoms with Gasteiger partial charge in [-0.05, 0) is 49.7 Å². The summed E-state index contributed by atoms with van der Waals surface area (Å²) in [7, 11) is 0. The number of ether oxygens (including phenoxy) is 3. The van der Waals surface area contributed by atoms with E-state index in [0.29, 0.717) is 21.9 Å². The molecule has 154 valence electrons. The first kappa shape index (κ1) is 21.9. The summed E-state index contributed by atoms with van der Waals surface area (Å²) in [5.74, 6) is -0.227. The lowest BCUT2D eigenvalue weighted by Gasteiger charge is -2.30. The van der Waals surface area contributed by atoms with Crippen LogP contribution in [0.4, 0.5) is 8.78 Å². The highest BCUT2D eigenvalue weighted by atomic mass is 32.1. The number of allylic oxidation sites excluding steroid dienone is 1. The van der Waals surface area contributed by atoms with E-state index in [2.05, 4.69) is 15.4 Å². The van der Waals surface area contributed by atoms with E-state index in [1.54, 1.807) is 26.0 Å². The molecule has 0 aliphatic carbocycles. The van der Waals surface area contributed by atoms with Gasteiger partial charge in [0.1, 0.15) is 0 Å². The topological polar surface area (TPSA) is 68.8 Å². The Morgan fingerprint density at radius 2 is 2.00 bits per heavy atom. The lowest BCUT2D eigenvalue weighted by molar-refractivity contribution is -0.140. The molecule has 28 heavy (non-hydrogen) atoms. The second-order valence-corrected chi connectivity index (χ2v) is 6.99. The van der Waals surface area contributed by atoms with Gasteiger partial charge in [-0.3, -0.25) is 0 Å². The van der Waals surface area contributed by atoms with E-state index in [1.807, 2.05) is 13.8 Å². The van der Waals surface area contributed by atoms with E-state index in [4.69, 9.17) is 21.7 Å². The molecule has 0 fully saturated rings. The molecule has 0 saturated heterocycles. The normalized spacial score (nSPS) is 16.7. The molecule has 9 heteroatoms. The molecule has 0 spiro atoms. The highest BCUT2D eigenvalue weighted by Crippen LogP contribution is 2.35. The smallest absolute Gasteiger partial charge is 0.387 e. The van der Waals surface area contributed by atoms with Crippen molar-refractivity contribution in [2.24, 2.45) is 5.92 Å². The highest BCUT2D eigenvalue weighted by molar-refractivity contribution is 7.80. The maximum Gasteiger partial charge on any atom is 0.387 e. The lowest BCUT2D eigenvalue weighted by Crippen LogP contribution is -2.45. The maximum atomic E-state index is 12.7. The van der Waals surface area contributed by atoms with E-state index in [0.717, 1.165) is 0 Å². The molecule has 1 aromatic carbocycles. The first-order chi connectivity index (χ1) is 13.2. The number of hydrogen-bond acceptors (Lipinski definition) is 5. The van der Waals surface area contributed by atoms with Gasteiger partial charge in [0.25, 0.3) is 0 Å². The van der Waals surface area contributed by atoms with Crippen molar-refractivity contribution in [3.05, 3.63) is 35.0 Å². The van der Waals surface area contributed by atoms with Gasteiger partial charge in [-0.15, -0.1) is 0 Å². The van der Waals surface area contributed by atoms with Crippen LogP contribution in [0.15, 0.2) is 29.5 Å².